The van der Waals surface area contributed by atoms with Gasteiger partial charge in [-0.15, -0.1) is 0 Å². The van der Waals surface area contributed by atoms with E-state index in [2.05, 4.69) is 51.7 Å². The van der Waals surface area contributed by atoms with Gasteiger partial charge in [0.2, 0.25) is 11.8 Å². The molecule has 272 valence electrons. The second-order valence-corrected chi connectivity index (χ2v) is 14.1. The SMILES string of the molecule is COC(=O)N[C@H]1COCCCCOc2cc(-c3ccc(-c4cnc([C@@H]5CCCN5C(=O)C5CC5)[nH]4)cc3)ccc2-c2cnc([nH]2)[C@@H]2CCCN2C1=O. The number of aromatic nitrogens is 4. The van der Waals surface area contributed by atoms with E-state index >= 15 is 0 Å². The zero-order valence-corrected chi connectivity index (χ0v) is 29.4. The molecule has 3 amide bonds. The summed E-state index contributed by atoms with van der Waals surface area (Å²) in [6, 6.07) is 13.5. The Hall–Kier alpha value is -5.17. The molecule has 5 heterocycles. The normalized spacial score (nSPS) is 22.4. The maximum atomic E-state index is 13.7. The topological polar surface area (TPSA) is 155 Å². The van der Waals surface area contributed by atoms with Crippen LogP contribution < -0.4 is 10.1 Å². The van der Waals surface area contributed by atoms with Gasteiger partial charge in [0.25, 0.3) is 0 Å². The molecule has 4 aromatic rings. The van der Waals surface area contributed by atoms with Gasteiger partial charge in [0.15, 0.2) is 0 Å². The number of methoxy groups -OCH3 is 1. The quantitative estimate of drug-likeness (QED) is 0.236. The van der Waals surface area contributed by atoms with Crippen LogP contribution in [0.1, 0.15) is 75.1 Å². The lowest BCUT2D eigenvalue weighted by Gasteiger charge is -2.28. The van der Waals surface area contributed by atoms with E-state index in [9.17, 15) is 14.4 Å². The lowest BCUT2D eigenvalue weighted by molar-refractivity contribution is -0.136. The summed E-state index contributed by atoms with van der Waals surface area (Å²) in [6.45, 7) is 2.32. The summed E-state index contributed by atoms with van der Waals surface area (Å²) in [5.41, 5.74) is 5.72. The molecule has 0 radical (unpaired) electrons. The number of nitrogens with zero attached hydrogens (tertiary/aromatic N) is 4. The first-order valence-electron chi connectivity index (χ1n) is 18.5. The van der Waals surface area contributed by atoms with Crippen molar-refractivity contribution in [3.8, 4) is 39.4 Å². The van der Waals surface area contributed by atoms with E-state index in [0.717, 1.165) is 103 Å². The molecule has 1 aliphatic carbocycles. The number of likely N-dealkylation sites (tertiary alicyclic amines) is 1. The molecule has 13 nitrogen and oxygen atoms in total. The highest BCUT2D eigenvalue weighted by Crippen LogP contribution is 2.39. The lowest BCUT2D eigenvalue weighted by atomic mass is 10.00. The third-order valence-electron chi connectivity index (χ3n) is 10.6. The third kappa shape index (κ3) is 7.01. The molecule has 0 unspecified atom stereocenters. The van der Waals surface area contributed by atoms with Gasteiger partial charge in [0.05, 0.1) is 56.2 Å². The smallest absolute Gasteiger partial charge is 0.407 e. The first-order valence-corrected chi connectivity index (χ1v) is 18.5. The summed E-state index contributed by atoms with van der Waals surface area (Å²) < 4.78 is 17.1. The first-order chi connectivity index (χ1) is 25.5. The first kappa shape index (κ1) is 33.9. The fourth-order valence-electron chi connectivity index (χ4n) is 7.64. The molecule has 0 spiro atoms. The van der Waals surface area contributed by atoms with Gasteiger partial charge >= 0.3 is 6.09 Å². The van der Waals surface area contributed by atoms with Crippen LogP contribution in [0.2, 0.25) is 0 Å². The standard InChI is InChI=1S/C39H45N7O6/c1-50-39(49)44-31-23-51-18-2-3-19-52-34-20-27(14-15-28(34)30-22-41-36(43-30)33-7-5-17-46(33)38(31)48)24-8-10-25(11-9-24)29-21-40-35(42-29)32-6-4-16-45(32)37(47)26-12-13-26/h8-11,14-15,20-22,26,31-33H,2-7,12-13,16-19,23H2,1H3,(H,40,42)(H,41,43)(H,44,49)/t31-,32-,33-/m0/s1. The number of benzene rings is 2. The number of fused-ring (bicyclic) bond motifs is 6. The fraction of sp³-hybridized carbons (Fsp3) is 0.462. The van der Waals surface area contributed by atoms with Crippen molar-refractivity contribution < 1.29 is 28.6 Å². The Morgan fingerprint density at radius 3 is 2.33 bits per heavy atom. The van der Waals surface area contributed by atoms with Crippen molar-refractivity contribution in [3.05, 3.63) is 66.5 Å². The molecule has 2 bridgehead atoms. The van der Waals surface area contributed by atoms with Crippen LogP contribution in [-0.2, 0) is 19.1 Å². The maximum Gasteiger partial charge on any atom is 0.407 e. The van der Waals surface area contributed by atoms with E-state index in [1.807, 2.05) is 17.2 Å². The van der Waals surface area contributed by atoms with Crippen LogP contribution in [0.15, 0.2) is 54.9 Å². The zero-order chi connectivity index (χ0) is 35.6. The van der Waals surface area contributed by atoms with Gasteiger partial charge in [-0.3, -0.25) is 9.59 Å². The van der Waals surface area contributed by atoms with Crippen molar-refractivity contribution in [1.82, 2.24) is 35.1 Å². The second-order valence-electron chi connectivity index (χ2n) is 14.1. The van der Waals surface area contributed by atoms with Gasteiger partial charge in [-0.05, 0) is 80.2 Å². The van der Waals surface area contributed by atoms with E-state index in [0.29, 0.717) is 25.6 Å². The minimum absolute atomic E-state index is 0.0237. The number of hydrogen-bond donors (Lipinski definition) is 3. The summed E-state index contributed by atoms with van der Waals surface area (Å²) in [7, 11) is 1.28. The van der Waals surface area contributed by atoms with Crippen molar-refractivity contribution in [2.75, 3.05) is 40.0 Å². The van der Waals surface area contributed by atoms with Crippen molar-refractivity contribution in [1.29, 1.82) is 0 Å². The summed E-state index contributed by atoms with van der Waals surface area (Å²) in [4.78, 5) is 58.8. The lowest BCUT2D eigenvalue weighted by Crippen LogP contribution is -2.50. The highest BCUT2D eigenvalue weighted by molar-refractivity contribution is 5.86. The fourth-order valence-corrected chi connectivity index (χ4v) is 7.64. The number of H-pyrrole nitrogens is 2. The summed E-state index contributed by atoms with van der Waals surface area (Å²) in [6.07, 6.45) is 9.99. The molecule has 1 saturated carbocycles. The number of amides is 3. The van der Waals surface area contributed by atoms with Crippen LogP contribution in [0.5, 0.6) is 5.75 Å². The van der Waals surface area contributed by atoms with E-state index in [1.54, 1.807) is 11.1 Å². The van der Waals surface area contributed by atoms with E-state index < -0.39 is 12.1 Å². The van der Waals surface area contributed by atoms with Crippen LogP contribution in [0.3, 0.4) is 0 Å². The third-order valence-corrected chi connectivity index (χ3v) is 10.6. The number of nitrogens with one attached hydrogen (secondary N) is 3. The minimum Gasteiger partial charge on any atom is -0.493 e. The van der Waals surface area contributed by atoms with Gasteiger partial charge in [0.1, 0.15) is 23.4 Å². The Morgan fingerprint density at radius 1 is 0.827 bits per heavy atom. The molecular formula is C39H45N7O6. The number of imidazole rings is 2. The van der Waals surface area contributed by atoms with Gasteiger partial charge in [-0.1, -0.05) is 30.3 Å². The van der Waals surface area contributed by atoms with Crippen LogP contribution in [0, 0.1) is 5.92 Å². The van der Waals surface area contributed by atoms with Crippen LogP contribution in [0.25, 0.3) is 33.6 Å². The maximum absolute atomic E-state index is 13.7. The molecule has 3 N–H and O–H groups in total. The van der Waals surface area contributed by atoms with Crippen molar-refractivity contribution in [2.45, 2.75) is 69.5 Å². The summed E-state index contributed by atoms with van der Waals surface area (Å²) in [5, 5.41) is 2.65. The molecule has 52 heavy (non-hydrogen) atoms. The Kier molecular flexibility index (Phi) is 9.68. The average Bonchev–Trinajstić information content (AvgIpc) is 3.62. The number of rotatable bonds is 5. The predicted molar refractivity (Wildman–Crippen MR) is 192 cm³/mol. The van der Waals surface area contributed by atoms with Crippen LogP contribution in [-0.4, -0.2) is 93.7 Å². The van der Waals surface area contributed by atoms with Crippen molar-refractivity contribution in [2.24, 2.45) is 5.92 Å². The predicted octanol–water partition coefficient (Wildman–Crippen LogP) is 5.78. The molecule has 3 aliphatic heterocycles. The van der Waals surface area contributed by atoms with E-state index in [4.69, 9.17) is 24.2 Å². The Labute approximate surface area is 302 Å². The zero-order valence-electron chi connectivity index (χ0n) is 29.4. The minimum atomic E-state index is -0.858. The number of carbonyl (C=O) groups is 3. The molecule has 2 saturated heterocycles. The van der Waals surface area contributed by atoms with Crippen LogP contribution >= 0.6 is 0 Å². The summed E-state index contributed by atoms with van der Waals surface area (Å²) >= 11 is 0. The second kappa shape index (κ2) is 14.8. The molecule has 2 aromatic heterocycles. The highest BCUT2D eigenvalue weighted by atomic mass is 16.5. The van der Waals surface area contributed by atoms with Crippen LogP contribution in [0.4, 0.5) is 4.79 Å². The number of alkyl carbamates (subject to hydrolysis) is 1. The molecule has 3 atom stereocenters. The number of ether oxygens (including phenoxy) is 3. The Morgan fingerprint density at radius 2 is 1.52 bits per heavy atom. The molecule has 4 aliphatic rings. The van der Waals surface area contributed by atoms with E-state index in [-0.39, 0.29) is 36.4 Å². The number of aromatic amines is 2. The van der Waals surface area contributed by atoms with Gasteiger partial charge in [-0.25, -0.2) is 14.8 Å². The van der Waals surface area contributed by atoms with Gasteiger partial charge in [-0.2, -0.15) is 0 Å². The van der Waals surface area contributed by atoms with Crippen molar-refractivity contribution in [3.63, 3.8) is 0 Å². The monoisotopic (exact) mass is 707 g/mol. The molecule has 8 rings (SSSR count). The Bertz CT molecular complexity index is 1920. The van der Waals surface area contributed by atoms with E-state index in [1.165, 1.54) is 7.11 Å². The van der Waals surface area contributed by atoms with Crippen molar-refractivity contribution >= 4 is 17.9 Å². The molecule has 3 fully saturated rings. The molecule has 2 aromatic carbocycles. The van der Waals surface area contributed by atoms with Gasteiger partial charge < -0.3 is 39.3 Å². The number of carbonyl (C=O) groups excluding carboxylic acids is 3. The van der Waals surface area contributed by atoms with Gasteiger partial charge in [0, 0.05) is 31.2 Å². The number of hydrogen-bond acceptors (Lipinski definition) is 8. The molecular weight excluding hydrogens is 662 g/mol. The largest absolute Gasteiger partial charge is 0.493 e. The summed E-state index contributed by atoms with van der Waals surface area (Å²) in [5.74, 6) is 2.57. The Balaban J connectivity index is 1.02. The highest BCUT2D eigenvalue weighted by Gasteiger charge is 2.40. The average molecular weight is 708 g/mol. The molecule has 13 heteroatoms.